The Morgan fingerprint density at radius 1 is 0.964 bits per heavy atom. The summed E-state index contributed by atoms with van der Waals surface area (Å²) in [6.45, 7) is 0.356. The Bertz CT molecular complexity index is 602. The van der Waals surface area contributed by atoms with Crippen molar-refractivity contribution in [2.45, 2.75) is 43.6 Å². The molecule has 0 radical (unpaired) electrons. The highest BCUT2D eigenvalue weighted by atomic mass is 32.1. The molecule has 5 unspecified atom stereocenters. The second-order valence-corrected chi connectivity index (χ2v) is 6.19. The Morgan fingerprint density at radius 2 is 1.43 bits per heavy atom. The highest BCUT2D eigenvalue weighted by Gasteiger charge is 2.31. The minimum Gasteiger partial charge on any atom is -0.480 e. The Kier molecular flexibility index (Phi) is 11.1. The molecule has 0 spiro atoms. The molecule has 0 heterocycles. The van der Waals surface area contributed by atoms with Gasteiger partial charge in [-0.1, -0.05) is 0 Å². The molecule has 0 aromatic carbocycles. The molecule has 5 atom stereocenters. The third-order valence-corrected chi connectivity index (χ3v) is 3.84. The highest BCUT2D eigenvalue weighted by Crippen LogP contribution is 1.98. The van der Waals surface area contributed by atoms with Gasteiger partial charge in [-0.25, -0.2) is 4.79 Å². The van der Waals surface area contributed by atoms with Crippen LogP contribution in [0.2, 0.25) is 0 Å². The van der Waals surface area contributed by atoms with E-state index in [1.165, 1.54) is 6.92 Å². The van der Waals surface area contributed by atoms with E-state index >= 15 is 0 Å². The Balaban J connectivity index is 5.21. The Hall–Kier alpha value is -2.42. The van der Waals surface area contributed by atoms with Gasteiger partial charge >= 0.3 is 5.97 Å². The fraction of sp³-hybridized carbons (Fsp3) is 0.643. The first kappa shape index (κ1) is 25.6. The van der Waals surface area contributed by atoms with Crippen LogP contribution in [0, 0.1) is 0 Å². The number of rotatable bonds is 12. The average molecular weight is 423 g/mol. The van der Waals surface area contributed by atoms with Crippen LogP contribution in [0.5, 0.6) is 0 Å². The largest absolute Gasteiger partial charge is 0.480 e. The second kappa shape index (κ2) is 12.1. The lowest BCUT2D eigenvalue weighted by molar-refractivity contribution is -0.141. The summed E-state index contributed by atoms with van der Waals surface area (Å²) in [6.07, 6.45) is -1.90. The van der Waals surface area contributed by atoms with Gasteiger partial charge in [0.2, 0.25) is 23.6 Å². The lowest BCUT2D eigenvalue weighted by Crippen LogP contribution is -2.59. The van der Waals surface area contributed by atoms with E-state index < -0.39 is 72.9 Å². The predicted molar refractivity (Wildman–Crippen MR) is 97.8 cm³/mol. The van der Waals surface area contributed by atoms with Crippen molar-refractivity contribution in [1.29, 1.82) is 0 Å². The summed E-state index contributed by atoms with van der Waals surface area (Å²) in [5, 5.41) is 33.7. The number of carbonyl (C=O) groups excluding carboxylic acids is 4. The number of thiol groups is 1. The molecule has 0 fully saturated rings. The molecule has 4 amide bonds. The molecule has 0 rings (SSSR count). The normalized spacial score (nSPS) is 16.0. The van der Waals surface area contributed by atoms with Crippen LogP contribution in [0.25, 0.3) is 0 Å². The van der Waals surface area contributed by atoms with Crippen LogP contribution < -0.4 is 27.4 Å². The van der Waals surface area contributed by atoms with Crippen LogP contribution in [-0.4, -0.2) is 87.5 Å². The van der Waals surface area contributed by atoms with E-state index in [4.69, 9.17) is 16.6 Å². The molecule has 0 aliphatic carbocycles. The minimum atomic E-state index is -1.57. The summed E-state index contributed by atoms with van der Waals surface area (Å²) in [5.74, 6) is -5.66. The number of carboxylic acid groups (broad SMARTS) is 1. The molecule has 10 N–H and O–H groups in total. The SMILES string of the molecule is CC(O)C(N)C(=O)NC(CO)C(=O)NC(CC(N)=O)C(=O)NC(CS)C(=O)O. The highest BCUT2D eigenvalue weighted by molar-refractivity contribution is 7.80. The Labute approximate surface area is 165 Å². The van der Waals surface area contributed by atoms with Crippen LogP contribution in [0.1, 0.15) is 13.3 Å². The maximum absolute atomic E-state index is 12.2. The minimum absolute atomic E-state index is 0.259. The van der Waals surface area contributed by atoms with Crippen LogP contribution >= 0.6 is 12.6 Å². The van der Waals surface area contributed by atoms with Crippen molar-refractivity contribution in [2.75, 3.05) is 12.4 Å². The molecule has 0 aromatic rings. The number of primary amides is 1. The third kappa shape index (κ3) is 8.51. The van der Waals surface area contributed by atoms with Gasteiger partial charge in [-0.3, -0.25) is 19.2 Å². The number of aliphatic hydroxyl groups excluding tert-OH is 2. The van der Waals surface area contributed by atoms with Gasteiger partial charge in [0.15, 0.2) is 0 Å². The summed E-state index contributed by atoms with van der Waals surface area (Å²) in [7, 11) is 0. The molecule has 0 bridgehead atoms. The molecule has 0 aliphatic rings. The van der Waals surface area contributed by atoms with Crippen molar-refractivity contribution in [3.05, 3.63) is 0 Å². The van der Waals surface area contributed by atoms with Crippen LogP contribution in [0.15, 0.2) is 0 Å². The molecule has 0 saturated carbocycles. The zero-order valence-electron chi connectivity index (χ0n) is 15.0. The maximum atomic E-state index is 12.2. The number of aliphatic carboxylic acids is 1. The van der Waals surface area contributed by atoms with Gasteiger partial charge in [-0.2, -0.15) is 12.6 Å². The lowest BCUT2D eigenvalue weighted by Gasteiger charge is -2.24. The zero-order chi connectivity index (χ0) is 22.0. The molecule has 0 saturated heterocycles. The number of aliphatic hydroxyl groups is 2. The zero-order valence-corrected chi connectivity index (χ0v) is 15.9. The van der Waals surface area contributed by atoms with E-state index in [0.717, 1.165) is 0 Å². The summed E-state index contributed by atoms with van der Waals surface area (Å²) in [5.41, 5.74) is 10.4. The lowest BCUT2D eigenvalue weighted by atomic mass is 10.1. The van der Waals surface area contributed by atoms with Crippen molar-refractivity contribution in [2.24, 2.45) is 11.5 Å². The number of carbonyl (C=O) groups is 5. The van der Waals surface area contributed by atoms with E-state index in [1.807, 2.05) is 0 Å². The molecule has 14 heteroatoms. The smallest absolute Gasteiger partial charge is 0.327 e. The average Bonchev–Trinajstić information content (AvgIpc) is 2.61. The van der Waals surface area contributed by atoms with Crippen LogP contribution in [0.3, 0.4) is 0 Å². The first-order valence-corrected chi connectivity index (χ1v) is 8.65. The van der Waals surface area contributed by atoms with Crippen LogP contribution in [0.4, 0.5) is 0 Å². The van der Waals surface area contributed by atoms with E-state index in [2.05, 4.69) is 28.6 Å². The fourth-order valence-corrected chi connectivity index (χ4v) is 2.07. The molecule has 160 valence electrons. The van der Waals surface area contributed by atoms with E-state index in [9.17, 15) is 34.2 Å². The first-order valence-electron chi connectivity index (χ1n) is 8.02. The number of hydrogen-bond acceptors (Lipinski definition) is 9. The predicted octanol–water partition coefficient (Wildman–Crippen LogP) is -4.97. The third-order valence-electron chi connectivity index (χ3n) is 3.47. The summed E-state index contributed by atoms with van der Waals surface area (Å²) in [6, 6.07) is -5.89. The maximum Gasteiger partial charge on any atom is 0.327 e. The number of nitrogens with two attached hydrogens (primary N) is 2. The summed E-state index contributed by atoms with van der Waals surface area (Å²) >= 11 is 3.77. The van der Waals surface area contributed by atoms with E-state index in [1.54, 1.807) is 0 Å². The van der Waals surface area contributed by atoms with E-state index in [-0.39, 0.29) is 5.75 Å². The molecular formula is C14H25N5O8S. The summed E-state index contributed by atoms with van der Waals surface area (Å²) in [4.78, 5) is 58.4. The van der Waals surface area contributed by atoms with Gasteiger partial charge < -0.3 is 42.7 Å². The number of hydrogen-bond donors (Lipinski definition) is 9. The van der Waals surface area contributed by atoms with Crippen molar-refractivity contribution in [3.63, 3.8) is 0 Å². The first-order chi connectivity index (χ1) is 12.9. The standard InChI is InChI=1S/C14H25N5O8S/c1-5(21)10(16)13(25)18-7(3-20)12(24)17-6(2-9(15)22)11(23)19-8(4-28)14(26)27/h5-8,10,20-21,28H,2-4,16H2,1H3,(H2,15,22)(H,17,24)(H,18,25)(H,19,23)(H,26,27). The quantitative estimate of drug-likeness (QED) is 0.136. The fourth-order valence-electron chi connectivity index (χ4n) is 1.82. The molecule has 0 aliphatic heterocycles. The van der Waals surface area contributed by atoms with Gasteiger partial charge in [0.1, 0.15) is 24.2 Å². The molecule has 0 aromatic heterocycles. The van der Waals surface area contributed by atoms with Gasteiger partial charge in [0, 0.05) is 5.75 Å². The van der Waals surface area contributed by atoms with Gasteiger partial charge in [0.05, 0.1) is 19.1 Å². The van der Waals surface area contributed by atoms with Crippen molar-refractivity contribution >= 4 is 42.2 Å². The molecule has 28 heavy (non-hydrogen) atoms. The van der Waals surface area contributed by atoms with Crippen molar-refractivity contribution in [3.8, 4) is 0 Å². The van der Waals surface area contributed by atoms with Gasteiger partial charge in [-0.05, 0) is 6.92 Å². The number of amides is 4. The molecule has 13 nitrogen and oxygen atoms in total. The van der Waals surface area contributed by atoms with Crippen molar-refractivity contribution in [1.82, 2.24) is 16.0 Å². The van der Waals surface area contributed by atoms with Gasteiger partial charge in [0.25, 0.3) is 0 Å². The second-order valence-electron chi connectivity index (χ2n) is 5.82. The van der Waals surface area contributed by atoms with Gasteiger partial charge in [-0.15, -0.1) is 0 Å². The topological polar surface area (TPSA) is 234 Å². The van der Waals surface area contributed by atoms with Crippen molar-refractivity contribution < 1.29 is 39.3 Å². The number of carboxylic acids is 1. The summed E-state index contributed by atoms with van der Waals surface area (Å²) < 4.78 is 0. The molecular weight excluding hydrogens is 398 g/mol. The van der Waals surface area contributed by atoms with E-state index in [0.29, 0.717) is 0 Å². The number of nitrogens with one attached hydrogen (secondary N) is 3. The Morgan fingerprint density at radius 3 is 1.82 bits per heavy atom. The van der Waals surface area contributed by atoms with Crippen LogP contribution in [-0.2, 0) is 24.0 Å². The monoisotopic (exact) mass is 423 g/mol.